The maximum absolute atomic E-state index is 13.2. The Morgan fingerprint density at radius 2 is 0.706 bits per heavy atom. The fourth-order valence-electron chi connectivity index (χ4n) is 16.3. The molecular weight excluding hydrogens is 1460 g/mol. The van der Waals surface area contributed by atoms with E-state index in [1.165, 1.54) is 180 Å². The first kappa shape index (κ1) is 115. The predicted octanol–water partition coefficient (Wildman–Crippen LogP) is 39.2. The first-order valence-electron chi connectivity index (χ1n) is 48.1. The normalized spacial score (nSPS) is 19.7. The van der Waals surface area contributed by atoms with Crippen LogP contribution in [0.15, 0.2) is 91.0 Å². The van der Waals surface area contributed by atoms with Crippen LogP contribution in [0.5, 0.6) is 0 Å². The zero-order valence-corrected chi connectivity index (χ0v) is 86.2. The van der Waals surface area contributed by atoms with E-state index in [0.29, 0.717) is 57.7 Å². The monoisotopic (exact) mass is 1660 g/mol. The highest BCUT2D eigenvalue weighted by Gasteiger charge is 2.41. The van der Waals surface area contributed by atoms with Crippen molar-refractivity contribution >= 4 is 0 Å². The average Bonchev–Trinajstić information content (AvgIpc) is 0.809. The second-order valence-electron chi connectivity index (χ2n) is 45.9. The Labute approximate surface area is 738 Å². The Kier molecular flexibility index (Phi) is 50.1. The molecule has 119 heavy (non-hydrogen) atoms. The van der Waals surface area contributed by atoms with Gasteiger partial charge in [0, 0.05) is 0 Å². The Morgan fingerprint density at radius 3 is 1.00 bits per heavy atom. The second kappa shape index (κ2) is 52.0. The molecule has 1 spiro atoms. The van der Waals surface area contributed by atoms with Gasteiger partial charge in [-0.15, -0.1) is 0 Å². The number of aryl methyl sites for hydroxylation is 6. The first-order valence-corrected chi connectivity index (χ1v) is 48.1. The largest absolute Gasteiger partial charge is 0.391 e. The van der Waals surface area contributed by atoms with Crippen molar-refractivity contribution in [3.63, 3.8) is 0 Å². The average molecular weight is 1660 g/mol. The number of hydrogen-bond donors (Lipinski definition) is 0. The van der Waals surface area contributed by atoms with Gasteiger partial charge >= 0.3 is 6.18 Å². The van der Waals surface area contributed by atoms with Gasteiger partial charge in [0.2, 0.25) is 0 Å². The number of benzene rings is 5. The Hall–Kier alpha value is -4.25. The highest BCUT2D eigenvalue weighted by molar-refractivity contribution is 5.43. The Bertz CT molecular complexity index is 3380. The molecular formula is C114H195F5. The smallest absolute Gasteiger partial charge is 0.244 e. The Morgan fingerprint density at radius 1 is 0.353 bits per heavy atom. The third-order valence-electron chi connectivity index (χ3n) is 27.5. The summed E-state index contributed by atoms with van der Waals surface area (Å²) in [6.45, 7) is 90.4. The van der Waals surface area contributed by atoms with E-state index in [4.69, 9.17) is 0 Å². The van der Waals surface area contributed by atoms with Crippen LogP contribution in [-0.2, 0) is 10.8 Å². The van der Waals surface area contributed by atoms with Crippen LogP contribution in [0.2, 0.25) is 0 Å². The third-order valence-corrected chi connectivity index (χ3v) is 27.5. The maximum atomic E-state index is 13.2. The SMILES string of the molecule is CC1(C)CCC(C)(C)CC1.CC1(C)CCC(C)(F)CC1.CC1CCC(C)(F)CC1.CC1CCC2(CC1)CCC(C)(C)CC2.CCC(C)CC.CCCC(C)C(F)(F)F.Cc1c(C(C)C)cc(C(C)C)cc1C(C)C.Cc1cc(C)c(C)c(C)c1.Cc1ccc(C(C)(C)C)cc1C(C)(C)C.Cc1ccc(C(C)C)cc1C(C)C.Cc1ccccc1. The summed E-state index contributed by atoms with van der Waals surface area (Å²) in [5.74, 6) is 4.71. The van der Waals surface area contributed by atoms with Gasteiger partial charge in [-0.3, -0.25) is 0 Å². The number of rotatable bonds is 9. The molecule has 0 nitrogen and oxygen atoms in total. The molecule has 0 saturated heterocycles. The van der Waals surface area contributed by atoms with Crippen LogP contribution in [-0.4, -0.2) is 17.5 Å². The van der Waals surface area contributed by atoms with Crippen LogP contribution >= 0.6 is 0 Å². The van der Waals surface area contributed by atoms with Gasteiger partial charge in [0.15, 0.2) is 0 Å². The third kappa shape index (κ3) is 47.6. The zero-order chi connectivity index (χ0) is 92.4. The lowest BCUT2D eigenvalue weighted by molar-refractivity contribution is -0.171. The highest BCUT2D eigenvalue weighted by atomic mass is 19.4. The molecule has 5 aromatic carbocycles. The molecule has 10 rings (SSSR count). The standard InChI is InChI=1S/C16H26.C15H24.C14H26.C13H20.C10H20.C10H14.C9H17F.C8H15F.C7H8.C6H11F3.C6H14/c1-10(2)14-8-15(11(3)4)13(7)16(9-14)12(5)6;1-11-8-9-12(14(2,3)4)10-13(11)15(5,6)7;1-12-4-6-14(7-5-12)10-8-13(2,3)9-11-14;1-9(2)12-7-6-11(5)13(8-12)10(3)4;1-9(2)5-7-10(3,4)8-6-9;1-7-5-8(2)10(4)9(3)6-7;1-8(2)4-6-9(3,10)7-5-8;1-7-3-5-8(2,9)6-4-7;1-7-5-3-2-4-6-7;1-3-4-5(2)6(7,8)9;1-4-6(3)5-2/h8-12H,1-7H3;8-10H,1-7H3;12H,4-11H2,1-3H3;6-10H,1-5H3;5-8H2,1-4H3;5-6H,1-4H3;4-7H2,1-3H3;7H,3-6H2,1-2H3;2-6H,1H3;5H,3-4H2,1-2H3;6H,4-5H2,1-3H3. The summed E-state index contributed by atoms with van der Waals surface area (Å²) in [5, 5.41) is 0. The molecule has 1 unspecified atom stereocenters. The fraction of sp³-hybridized carbons (Fsp3) is 0.737. The fourth-order valence-corrected chi connectivity index (χ4v) is 16.3. The van der Waals surface area contributed by atoms with Crippen LogP contribution in [0.1, 0.15) is 496 Å². The molecule has 0 aromatic heterocycles. The van der Waals surface area contributed by atoms with Crippen molar-refractivity contribution in [2.24, 2.45) is 50.7 Å². The molecule has 5 aromatic rings. The minimum atomic E-state index is -3.99. The number of halogens is 5. The summed E-state index contributed by atoms with van der Waals surface area (Å²) in [5.41, 5.74) is 23.5. The van der Waals surface area contributed by atoms with Crippen molar-refractivity contribution in [2.75, 3.05) is 0 Å². The first-order chi connectivity index (χ1) is 54.2. The summed E-state index contributed by atoms with van der Waals surface area (Å²) in [6.07, 6.45) is 24.5. The molecule has 5 fully saturated rings. The van der Waals surface area contributed by atoms with Crippen molar-refractivity contribution in [2.45, 2.75) is 496 Å². The van der Waals surface area contributed by atoms with Gasteiger partial charge in [-0.1, -0.05) is 349 Å². The molecule has 0 bridgehead atoms. The quantitative estimate of drug-likeness (QED) is 0.129. The second-order valence-corrected chi connectivity index (χ2v) is 45.9. The lowest BCUT2D eigenvalue weighted by Crippen LogP contribution is -2.34. The van der Waals surface area contributed by atoms with E-state index in [2.05, 4.69) is 329 Å². The minimum absolute atomic E-state index is 0.240. The van der Waals surface area contributed by atoms with E-state index in [9.17, 15) is 22.0 Å². The van der Waals surface area contributed by atoms with Crippen LogP contribution in [0, 0.1) is 106 Å². The van der Waals surface area contributed by atoms with Crippen molar-refractivity contribution in [1.82, 2.24) is 0 Å². The predicted molar refractivity (Wildman–Crippen MR) is 525 cm³/mol. The molecule has 0 N–H and O–H groups in total. The molecule has 1 atom stereocenters. The van der Waals surface area contributed by atoms with Crippen LogP contribution in [0.3, 0.4) is 0 Å². The molecule has 0 amide bonds. The number of alkyl halides is 5. The minimum Gasteiger partial charge on any atom is -0.244 e. The maximum Gasteiger partial charge on any atom is 0.391 e. The topological polar surface area (TPSA) is 0 Å². The van der Waals surface area contributed by atoms with Crippen molar-refractivity contribution < 1.29 is 22.0 Å². The van der Waals surface area contributed by atoms with Crippen molar-refractivity contribution in [3.05, 3.63) is 174 Å². The molecule has 5 aliphatic carbocycles. The van der Waals surface area contributed by atoms with Crippen molar-refractivity contribution in [1.29, 1.82) is 0 Å². The molecule has 0 aliphatic heterocycles. The van der Waals surface area contributed by atoms with Crippen LogP contribution in [0.4, 0.5) is 22.0 Å². The van der Waals surface area contributed by atoms with E-state index < -0.39 is 23.4 Å². The Balaban J connectivity index is 0.00000130. The molecule has 686 valence electrons. The summed E-state index contributed by atoms with van der Waals surface area (Å²) >= 11 is 0. The van der Waals surface area contributed by atoms with E-state index in [-0.39, 0.29) is 17.3 Å². The number of hydrogen-bond acceptors (Lipinski definition) is 0. The van der Waals surface area contributed by atoms with Gasteiger partial charge in [0.1, 0.15) is 11.3 Å². The highest BCUT2D eigenvalue weighted by Crippen LogP contribution is 2.53. The van der Waals surface area contributed by atoms with Crippen LogP contribution in [0.25, 0.3) is 0 Å². The zero-order valence-electron chi connectivity index (χ0n) is 86.2. The lowest BCUT2D eigenvalue weighted by Gasteiger charge is -2.47. The van der Waals surface area contributed by atoms with E-state index >= 15 is 0 Å². The van der Waals surface area contributed by atoms with E-state index in [1.54, 1.807) is 20.8 Å². The summed E-state index contributed by atoms with van der Waals surface area (Å²) in [7, 11) is 0. The molecule has 5 saturated carbocycles. The van der Waals surface area contributed by atoms with Crippen LogP contribution < -0.4 is 0 Å². The van der Waals surface area contributed by atoms with E-state index in [1.807, 2.05) is 18.2 Å². The van der Waals surface area contributed by atoms with Gasteiger partial charge in [0.05, 0.1) is 5.92 Å². The van der Waals surface area contributed by atoms with Gasteiger partial charge in [-0.05, 0) is 349 Å². The lowest BCUT2D eigenvalue weighted by atomic mass is 9.59. The molecule has 5 heteroatoms. The summed E-state index contributed by atoms with van der Waals surface area (Å²) in [4.78, 5) is 0. The van der Waals surface area contributed by atoms with E-state index in [0.717, 1.165) is 74.5 Å². The van der Waals surface area contributed by atoms with Gasteiger partial charge in [0.25, 0.3) is 0 Å². The van der Waals surface area contributed by atoms with Gasteiger partial charge in [-0.2, -0.15) is 13.2 Å². The molecule has 5 aliphatic rings. The molecule has 0 radical (unpaired) electrons. The molecule has 0 heterocycles. The summed E-state index contributed by atoms with van der Waals surface area (Å²) in [6, 6.07) is 33.2. The van der Waals surface area contributed by atoms with Gasteiger partial charge < -0.3 is 0 Å². The summed E-state index contributed by atoms with van der Waals surface area (Å²) < 4.78 is 61.2. The van der Waals surface area contributed by atoms with Crippen molar-refractivity contribution in [3.8, 4) is 0 Å². The van der Waals surface area contributed by atoms with Gasteiger partial charge in [-0.25, -0.2) is 8.78 Å².